The Bertz CT molecular complexity index is 1700. The number of benzene rings is 1. The van der Waals surface area contributed by atoms with Gasteiger partial charge in [-0.2, -0.15) is 4.98 Å². The molecule has 24 heteroatoms. The van der Waals surface area contributed by atoms with Crippen molar-refractivity contribution in [3.05, 3.63) is 40.2 Å². The van der Waals surface area contributed by atoms with E-state index in [1.165, 1.54) is 0 Å². The van der Waals surface area contributed by atoms with Gasteiger partial charge in [0.05, 0.1) is 18.8 Å². The van der Waals surface area contributed by atoms with Crippen molar-refractivity contribution in [2.75, 3.05) is 28.3 Å². The van der Waals surface area contributed by atoms with E-state index in [1.807, 2.05) is 13.8 Å². The molecule has 13 atom stereocenters. The van der Waals surface area contributed by atoms with Crippen LogP contribution in [0.4, 0.5) is 23.1 Å². The Morgan fingerprint density at radius 1 is 1.07 bits per heavy atom. The summed E-state index contributed by atoms with van der Waals surface area (Å²) in [7, 11) is -5.17. The number of hydrogen-bond acceptors (Lipinski definition) is 19. The van der Waals surface area contributed by atoms with Crippen molar-refractivity contribution < 1.29 is 78.4 Å². The van der Waals surface area contributed by atoms with Gasteiger partial charge in [-0.1, -0.05) is 12.1 Å². The van der Waals surface area contributed by atoms with E-state index >= 15 is 0 Å². The third-order valence-corrected chi connectivity index (χ3v) is 9.67. The first-order chi connectivity index (χ1) is 25.3. The molecule has 0 amide bonds. The van der Waals surface area contributed by atoms with Gasteiger partial charge < -0.3 is 76.9 Å². The van der Waals surface area contributed by atoms with Crippen LogP contribution >= 0.6 is 7.82 Å². The maximum absolute atomic E-state index is 12.4. The third-order valence-electron chi connectivity index (χ3n) is 8.67. The first kappa shape index (κ1) is 42.8. The summed E-state index contributed by atoms with van der Waals surface area (Å²) >= 11 is 0. The fraction of sp³-hybridized carbons (Fsp3) is 0.600. The number of carboxylic acids is 2. The summed E-state index contributed by atoms with van der Waals surface area (Å²) in [6.45, 7) is 2.83. The highest BCUT2D eigenvalue weighted by Gasteiger charge is 2.47. The number of fused-ring (bicyclic) bond motifs is 1. The van der Waals surface area contributed by atoms with Crippen molar-refractivity contribution >= 4 is 42.9 Å². The zero-order chi connectivity index (χ0) is 40.1. The van der Waals surface area contributed by atoms with Gasteiger partial charge in [0, 0.05) is 30.6 Å². The highest BCUT2D eigenvalue weighted by Crippen LogP contribution is 2.46. The summed E-state index contributed by atoms with van der Waals surface area (Å²) in [5.41, 5.74) is 6.69. The molecule has 2 aliphatic heterocycles. The molecular formula is C30H45N6O17P. The van der Waals surface area contributed by atoms with Crippen LogP contribution in [0.2, 0.25) is 0 Å². The number of ether oxygens (including phenoxy) is 2. The van der Waals surface area contributed by atoms with E-state index < -0.39 is 100 Å². The lowest BCUT2D eigenvalue weighted by Gasteiger charge is -2.37. The van der Waals surface area contributed by atoms with Crippen LogP contribution < -0.4 is 27.2 Å². The van der Waals surface area contributed by atoms with E-state index in [-0.39, 0.29) is 36.2 Å². The van der Waals surface area contributed by atoms with E-state index in [0.717, 1.165) is 0 Å². The Morgan fingerprint density at radius 2 is 1.74 bits per heavy atom. The van der Waals surface area contributed by atoms with E-state index in [0.29, 0.717) is 17.1 Å². The monoisotopic (exact) mass is 792 g/mol. The number of aromatic amines is 1. The molecule has 0 bridgehead atoms. The molecule has 1 aromatic carbocycles. The Balaban J connectivity index is 1.25. The summed E-state index contributed by atoms with van der Waals surface area (Å²) in [6, 6.07) is 6.10. The quantitative estimate of drug-likeness (QED) is 0.0508. The molecule has 2 aliphatic rings. The summed E-state index contributed by atoms with van der Waals surface area (Å²) in [6.07, 6.45) is -19.0. The number of phosphoric acid groups is 1. The number of nitrogens with two attached hydrogens (primary N) is 1. The standard InChI is InChI=1S/C30H45N6O17P/c1-11(19-12(2)33-25-20(34-19)26(44)36-30(31)35-25)32-14-5-3-13(4-6-14)9-15(37)21(40)23(42)28(47)52-29-24(43)22(41)17(51-29)10-50-54(48,49)53-16(27(45)46)7-8-18(38)39/h3-6,11-12,15-17,19,21-24,28-29,32,34,37,40-43,47H,7-10H2,1-2H3,(H,38,39)(H,45,46)(H,48,49)(H4,31,33,35,36,44). The van der Waals surface area contributed by atoms with Gasteiger partial charge in [-0.05, 0) is 38.0 Å². The van der Waals surface area contributed by atoms with Gasteiger partial charge in [0.25, 0.3) is 5.56 Å². The second kappa shape index (κ2) is 18.1. The second-order valence-corrected chi connectivity index (χ2v) is 14.2. The minimum Gasteiger partial charge on any atom is -0.481 e. The van der Waals surface area contributed by atoms with E-state index in [2.05, 4.69) is 35.0 Å². The predicted molar refractivity (Wildman–Crippen MR) is 184 cm³/mol. The Hall–Kier alpha value is -3.97. The maximum Gasteiger partial charge on any atom is 0.473 e. The number of nitrogen functional groups attached to an aromatic ring is 1. The Labute approximate surface area is 306 Å². The van der Waals surface area contributed by atoms with Gasteiger partial charge in [-0.3, -0.25) is 23.6 Å². The first-order valence-electron chi connectivity index (χ1n) is 16.5. The number of aliphatic hydroxyl groups excluding tert-OH is 6. The predicted octanol–water partition coefficient (Wildman–Crippen LogP) is -2.69. The number of aliphatic hydroxyl groups is 6. The molecule has 54 heavy (non-hydrogen) atoms. The Kier molecular flexibility index (Phi) is 14.3. The van der Waals surface area contributed by atoms with Crippen LogP contribution in [0.15, 0.2) is 29.1 Å². The van der Waals surface area contributed by atoms with Crippen LogP contribution in [0.5, 0.6) is 0 Å². The smallest absolute Gasteiger partial charge is 0.473 e. The van der Waals surface area contributed by atoms with Crippen LogP contribution in [-0.2, 0) is 39.1 Å². The van der Waals surface area contributed by atoms with Crippen molar-refractivity contribution in [3.8, 4) is 0 Å². The second-order valence-electron chi connectivity index (χ2n) is 12.8. The number of H-pyrrole nitrogens is 1. The molecule has 3 heterocycles. The average molecular weight is 793 g/mol. The van der Waals surface area contributed by atoms with Crippen LogP contribution in [0, 0.1) is 0 Å². The molecule has 15 N–H and O–H groups in total. The Morgan fingerprint density at radius 3 is 2.37 bits per heavy atom. The molecule has 0 spiro atoms. The largest absolute Gasteiger partial charge is 0.481 e. The van der Waals surface area contributed by atoms with Crippen LogP contribution in [0.25, 0.3) is 0 Å². The maximum atomic E-state index is 12.4. The number of hydrogen-bond donors (Lipinski definition) is 14. The van der Waals surface area contributed by atoms with Gasteiger partial charge in [0.15, 0.2) is 24.5 Å². The summed E-state index contributed by atoms with van der Waals surface area (Å²) < 4.78 is 31.6. The van der Waals surface area contributed by atoms with Crippen molar-refractivity contribution in [3.63, 3.8) is 0 Å². The van der Waals surface area contributed by atoms with Gasteiger partial charge in [0.1, 0.15) is 36.2 Å². The molecule has 0 saturated carbocycles. The van der Waals surface area contributed by atoms with Gasteiger partial charge in [-0.25, -0.2) is 9.36 Å². The number of nitrogens with one attached hydrogen (secondary N) is 4. The molecule has 302 valence electrons. The third kappa shape index (κ3) is 11.1. The lowest BCUT2D eigenvalue weighted by molar-refractivity contribution is -0.281. The molecule has 1 saturated heterocycles. The minimum atomic E-state index is -5.17. The molecular weight excluding hydrogens is 747 g/mol. The van der Waals surface area contributed by atoms with Gasteiger partial charge in [0.2, 0.25) is 5.95 Å². The molecule has 0 aliphatic carbocycles. The highest BCUT2D eigenvalue weighted by molar-refractivity contribution is 7.47. The SMILES string of the molecule is CC(Nc1ccc(CC(O)C(O)C(O)C(O)OC2OC(COP(=O)(O)OC(CCC(=O)O)C(=O)O)C(O)C2O)cc1)C1Nc2c(nc(N)[nH]c2=O)NC1C. The zero-order valence-electron chi connectivity index (χ0n) is 28.8. The van der Waals surface area contributed by atoms with E-state index in [9.17, 15) is 54.5 Å². The first-order valence-corrected chi connectivity index (χ1v) is 18.0. The molecule has 0 radical (unpaired) electrons. The van der Waals surface area contributed by atoms with Crippen molar-refractivity contribution in [1.82, 2.24) is 9.97 Å². The van der Waals surface area contributed by atoms with E-state index in [1.54, 1.807) is 24.3 Å². The topological polar surface area (TPSA) is 378 Å². The highest BCUT2D eigenvalue weighted by atomic mass is 31.2. The zero-order valence-corrected chi connectivity index (χ0v) is 29.7. The molecule has 13 unspecified atom stereocenters. The summed E-state index contributed by atoms with van der Waals surface area (Å²) in [4.78, 5) is 50.8. The van der Waals surface area contributed by atoms with Crippen molar-refractivity contribution in [2.24, 2.45) is 0 Å². The number of phosphoric ester groups is 1. The average Bonchev–Trinajstić information content (AvgIpc) is 3.36. The van der Waals surface area contributed by atoms with Crippen LogP contribution in [0.3, 0.4) is 0 Å². The number of carboxylic acid groups (broad SMARTS) is 2. The van der Waals surface area contributed by atoms with Crippen molar-refractivity contribution in [1.29, 1.82) is 0 Å². The normalized spacial score (nSPS) is 26.8. The number of anilines is 4. The minimum absolute atomic E-state index is 0.0132. The molecule has 1 aromatic heterocycles. The number of aromatic nitrogens is 2. The number of nitrogens with zero attached hydrogens (tertiary/aromatic N) is 1. The van der Waals surface area contributed by atoms with E-state index in [4.69, 9.17) is 25.4 Å². The summed E-state index contributed by atoms with van der Waals surface area (Å²) in [5.74, 6) is -2.80. The molecule has 4 rings (SSSR count). The number of aliphatic carboxylic acids is 2. The van der Waals surface area contributed by atoms with Crippen LogP contribution in [-0.4, -0.2) is 148 Å². The molecule has 23 nitrogen and oxygen atoms in total. The number of carbonyl (C=O) groups is 2. The lowest BCUT2D eigenvalue weighted by Crippen LogP contribution is -2.51. The fourth-order valence-electron chi connectivity index (χ4n) is 5.75. The van der Waals surface area contributed by atoms with Gasteiger partial charge in [-0.15, -0.1) is 0 Å². The summed E-state index contributed by atoms with van der Waals surface area (Å²) in [5, 5.41) is 90.1. The number of rotatable bonds is 19. The van der Waals surface area contributed by atoms with Crippen molar-refractivity contribution in [2.45, 2.75) is 107 Å². The fourth-order valence-corrected chi connectivity index (χ4v) is 6.66. The molecule has 1 fully saturated rings. The lowest BCUT2D eigenvalue weighted by atomic mass is 9.98. The van der Waals surface area contributed by atoms with Gasteiger partial charge >= 0.3 is 19.8 Å². The van der Waals surface area contributed by atoms with Crippen LogP contribution in [0.1, 0.15) is 32.3 Å². The molecule has 2 aromatic rings.